The summed E-state index contributed by atoms with van der Waals surface area (Å²) >= 11 is 3.95. The van der Waals surface area contributed by atoms with Crippen LogP contribution in [0.2, 0.25) is 0 Å². The fourth-order valence-corrected chi connectivity index (χ4v) is 4.62. The second-order valence-electron chi connectivity index (χ2n) is 4.59. The van der Waals surface area contributed by atoms with Gasteiger partial charge in [0.15, 0.2) is 0 Å². The lowest BCUT2D eigenvalue weighted by Gasteiger charge is -2.22. The minimum absolute atomic E-state index is 0.0459. The van der Waals surface area contributed by atoms with Gasteiger partial charge in [0, 0.05) is 47.7 Å². The minimum atomic E-state index is -0.628. The van der Waals surface area contributed by atoms with Crippen LogP contribution >= 0.6 is 23.5 Å². The number of benzene rings is 1. The van der Waals surface area contributed by atoms with Crippen molar-refractivity contribution in [2.75, 3.05) is 30.3 Å². The Morgan fingerprint density at radius 3 is 2.75 bits per heavy atom. The van der Waals surface area contributed by atoms with E-state index in [1.54, 1.807) is 12.1 Å². The maximum atomic E-state index is 10.6. The Balaban J connectivity index is 1.76. The van der Waals surface area contributed by atoms with E-state index in [0.717, 1.165) is 12.3 Å². The normalized spacial score (nSPS) is 20.6. The number of nitro benzene ring substituents is 1. The third-order valence-corrected chi connectivity index (χ3v) is 5.93. The highest BCUT2D eigenvalue weighted by Gasteiger charge is 2.15. The highest BCUT2D eigenvalue weighted by atomic mass is 32.2. The minimum Gasteiger partial charge on any atom is -0.387 e. The van der Waals surface area contributed by atoms with Crippen molar-refractivity contribution in [3.05, 3.63) is 39.9 Å². The molecule has 1 aliphatic rings. The highest BCUT2D eigenvalue weighted by molar-refractivity contribution is 8.06. The van der Waals surface area contributed by atoms with E-state index in [-0.39, 0.29) is 5.69 Å². The molecular formula is C13H18N2O3S2. The van der Waals surface area contributed by atoms with E-state index in [1.807, 2.05) is 23.5 Å². The number of hydrogen-bond donors (Lipinski definition) is 2. The third kappa shape index (κ3) is 4.66. The summed E-state index contributed by atoms with van der Waals surface area (Å²) in [4.78, 5) is 10.1. The molecule has 1 aromatic carbocycles. The zero-order chi connectivity index (χ0) is 14.4. The number of nitrogens with one attached hydrogen (secondary N) is 1. The first-order valence-corrected chi connectivity index (χ1v) is 8.69. The first-order chi connectivity index (χ1) is 9.66. The molecule has 2 N–H and O–H groups in total. The van der Waals surface area contributed by atoms with Crippen LogP contribution in [0.15, 0.2) is 24.3 Å². The van der Waals surface area contributed by atoms with E-state index >= 15 is 0 Å². The molecule has 0 spiro atoms. The Labute approximate surface area is 126 Å². The van der Waals surface area contributed by atoms with Gasteiger partial charge in [-0.05, 0) is 17.7 Å². The second kappa shape index (κ2) is 7.87. The van der Waals surface area contributed by atoms with Gasteiger partial charge in [0.1, 0.15) is 0 Å². The number of non-ortho nitro benzene ring substituents is 1. The smallest absolute Gasteiger partial charge is 0.269 e. The van der Waals surface area contributed by atoms with Gasteiger partial charge >= 0.3 is 0 Å². The molecule has 110 valence electrons. The van der Waals surface area contributed by atoms with E-state index in [2.05, 4.69) is 5.32 Å². The van der Waals surface area contributed by atoms with Gasteiger partial charge in [0.05, 0.1) is 11.0 Å². The molecule has 2 atom stereocenters. The molecule has 1 fully saturated rings. The molecular weight excluding hydrogens is 296 g/mol. The first-order valence-electron chi connectivity index (χ1n) is 6.49. The summed E-state index contributed by atoms with van der Waals surface area (Å²) in [5, 5.41) is 24.5. The standard InChI is InChI=1S/C13H18N2O3S2/c16-13(8-14-7-12-9-19-5-6-20-12)10-1-3-11(4-2-10)15(17)18/h1-4,12-14,16H,5-9H2. The SMILES string of the molecule is O=[N+]([O-])c1ccc(C(O)CNCC2CSCCS2)cc1. The molecule has 20 heavy (non-hydrogen) atoms. The Morgan fingerprint density at radius 2 is 2.15 bits per heavy atom. The lowest BCUT2D eigenvalue weighted by molar-refractivity contribution is -0.384. The van der Waals surface area contributed by atoms with E-state index in [0.29, 0.717) is 17.4 Å². The van der Waals surface area contributed by atoms with Crippen molar-refractivity contribution in [2.45, 2.75) is 11.4 Å². The summed E-state index contributed by atoms with van der Waals surface area (Å²) in [5.74, 6) is 3.58. The van der Waals surface area contributed by atoms with Crippen LogP contribution in [0, 0.1) is 10.1 Å². The molecule has 0 aromatic heterocycles. The molecule has 0 aliphatic carbocycles. The van der Waals surface area contributed by atoms with Crippen LogP contribution in [0.3, 0.4) is 0 Å². The van der Waals surface area contributed by atoms with Crippen LogP contribution in [0.4, 0.5) is 5.69 Å². The quantitative estimate of drug-likeness (QED) is 0.618. The van der Waals surface area contributed by atoms with Crippen LogP contribution in [-0.2, 0) is 0 Å². The summed E-state index contributed by atoms with van der Waals surface area (Å²) in [6.07, 6.45) is -0.628. The van der Waals surface area contributed by atoms with Crippen LogP contribution in [0.5, 0.6) is 0 Å². The van der Waals surface area contributed by atoms with Crippen LogP contribution in [-0.4, -0.2) is 45.6 Å². The highest BCUT2D eigenvalue weighted by Crippen LogP contribution is 2.23. The van der Waals surface area contributed by atoms with Crippen molar-refractivity contribution in [1.82, 2.24) is 5.32 Å². The molecule has 0 radical (unpaired) electrons. The third-order valence-electron chi connectivity index (χ3n) is 3.08. The molecule has 2 unspecified atom stereocenters. The Bertz CT molecular complexity index is 436. The molecule has 2 rings (SSSR count). The van der Waals surface area contributed by atoms with Gasteiger partial charge in [-0.15, -0.1) is 0 Å². The number of nitro groups is 1. The van der Waals surface area contributed by atoms with Crippen molar-refractivity contribution >= 4 is 29.2 Å². The van der Waals surface area contributed by atoms with Crippen molar-refractivity contribution in [1.29, 1.82) is 0 Å². The Morgan fingerprint density at radius 1 is 1.40 bits per heavy atom. The fraction of sp³-hybridized carbons (Fsp3) is 0.538. The van der Waals surface area contributed by atoms with Gasteiger partial charge in [0.25, 0.3) is 5.69 Å². The van der Waals surface area contributed by atoms with Crippen molar-refractivity contribution in [3.63, 3.8) is 0 Å². The maximum absolute atomic E-state index is 10.6. The monoisotopic (exact) mass is 314 g/mol. The maximum Gasteiger partial charge on any atom is 0.269 e. The molecule has 7 heteroatoms. The van der Waals surface area contributed by atoms with E-state index < -0.39 is 11.0 Å². The van der Waals surface area contributed by atoms with Gasteiger partial charge in [-0.2, -0.15) is 23.5 Å². The number of rotatable bonds is 6. The van der Waals surface area contributed by atoms with E-state index in [1.165, 1.54) is 23.6 Å². The fourth-order valence-electron chi connectivity index (χ4n) is 1.97. The average Bonchev–Trinajstić information content (AvgIpc) is 2.48. The van der Waals surface area contributed by atoms with Crippen LogP contribution in [0.25, 0.3) is 0 Å². The van der Waals surface area contributed by atoms with Crippen molar-refractivity contribution < 1.29 is 10.0 Å². The van der Waals surface area contributed by atoms with E-state index in [9.17, 15) is 15.2 Å². The van der Waals surface area contributed by atoms with Crippen LogP contribution in [0.1, 0.15) is 11.7 Å². The molecule has 1 heterocycles. The molecule has 1 saturated heterocycles. The number of aliphatic hydroxyl groups excluding tert-OH is 1. The van der Waals surface area contributed by atoms with Crippen molar-refractivity contribution in [2.24, 2.45) is 0 Å². The number of thioether (sulfide) groups is 2. The van der Waals surface area contributed by atoms with Gasteiger partial charge in [-0.25, -0.2) is 0 Å². The summed E-state index contributed by atoms with van der Waals surface area (Å²) in [5.41, 5.74) is 0.748. The lowest BCUT2D eigenvalue weighted by Crippen LogP contribution is -2.31. The van der Waals surface area contributed by atoms with Gasteiger partial charge in [-0.3, -0.25) is 10.1 Å². The Kier molecular flexibility index (Phi) is 6.15. The molecule has 1 aromatic rings. The first kappa shape index (κ1) is 15.6. The summed E-state index contributed by atoms with van der Waals surface area (Å²) in [6.45, 7) is 1.36. The zero-order valence-corrected chi connectivity index (χ0v) is 12.7. The predicted octanol–water partition coefficient (Wildman–Crippen LogP) is 2.07. The summed E-state index contributed by atoms with van der Waals surface area (Å²) < 4.78 is 0. The summed E-state index contributed by atoms with van der Waals surface area (Å²) in [7, 11) is 0. The molecule has 0 saturated carbocycles. The number of hydrogen-bond acceptors (Lipinski definition) is 6. The molecule has 0 bridgehead atoms. The van der Waals surface area contributed by atoms with Gasteiger partial charge < -0.3 is 10.4 Å². The second-order valence-corrected chi connectivity index (χ2v) is 7.15. The molecule has 1 aliphatic heterocycles. The van der Waals surface area contributed by atoms with Crippen LogP contribution < -0.4 is 5.32 Å². The number of nitrogens with zero attached hydrogens (tertiary/aromatic N) is 1. The van der Waals surface area contributed by atoms with Gasteiger partial charge in [0.2, 0.25) is 0 Å². The van der Waals surface area contributed by atoms with E-state index in [4.69, 9.17) is 0 Å². The molecule has 5 nitrogen and oxygen atoms in total. The lowest BCUT2D eigenvalue weighted by atomic mass is 10.1. The molecule has 0 amide bonds. The topological polar surface area (TPSA) is 75.4 Å². The average molecular weight is 314 g/mol. The van der Waals surface area contributed by atoms with Gasteiger partial charge in [-0.1, -0.05) is 0 Å². The predicted molar refractivity (Wildman–Crippen MR) is 84.5 cm³/mol. The summed E-state index contributed by atoms with van der Waals surface area (Å²) in [6, 6.07) is 6.06. The number of aliphatic hydroxyl groups is 1. The Hall–Kier alpha value is -0.760. The van der Waals surface area contributed by atoms with Crippen molar-refractivity contribution in [3.8, 4) is 0 Å². The zero-order valence-electron chi connectivity index (χ0n) is 11.0. The largest absolute Gasteiger partial charge is 0.387 e.